The van der Waals surface area contributed by atoms with Gasteiger partial charge in [-0.25, -0.2) is 0 Å². The standard InChI is InChI=1S/C8H14O/c1-4-5-8(9)6-7(2)3/h4-5,7H,6H2,1-3H3/b5-4+. The molecule has 0 aromatic heterocycles. The van der Waals surface area contributed by atoms with Crippen LogP contribution >= 0.6 is 0 Å². The molecule has 1 heteroatoms. The van der Waals surface area contributed by atoms with Crippen LogP contribution in [0.3, 0.4) is 0 Å². The Bertz CT molecular complexity index is 112. The SMILES string of the molecule is C/C=C/C(=O)CC(C)C. The van der Waals surface area contributed by atoms with E-state index in [9.17, 15) is 4.79 Å². The topological polar surface area (TPSA) is 17.1 Å². The van der Waals surface area contributed by atoms with E-state index >= 15 is 0 Å². The maximum absolute atomic E-state index is 10.8. The summed E-state index contributed by atoms with van der Waals surface area (Å²) < 4.78 is 0. The predicted octanol–water partition coefficient (Wildman–Crippen LogP) is 2.18. The molecule has 0 unspecified atom stereocenters. The Labute approximate surface area is 56.8 Å². The molecule has 0 amide bonds. The van der Waals surface area contributed by atoms with Crippen LogP contribution in [0.5, 0.6) is 0 Å². The molecule has 52 valence electrons. The van der Waals surface area contributed by atoms with Crippen LogP contribution in [-0.4, -0.2) is 5.78 Å². The number of hydrogen-bond acceptors (Lipinski definition) is 1. The Hall–Kier alpha value is -0.590. The van der Waals surface area contributed by atoms with Gasteiger partial charge in [0, 0.05) is 6.42 Å². The van der Waals surface area contributed by atoms with Gasteiger partial charge in [0.15, 0.2) is 5.78 Å². The van der Waals surface area contributed by atoms with Crippen molar-refractivity contribution in [2.24, 2.45) is 5.92 Å². The molecule has 0 atom stereocenters. The Morgan fingerprint density at radius 1 is 1.56 bits per heavy atom. The van der Waals surface area contributed by atoms with E-state index in [1.54, 1.807) is 12.2 Å². The van der Waals surface area contributed by atoms with E-state index in [1.165, 1.54) is 0 Å². The van der Waals surface area contributed by atoms with E-state index in [0.29, 0.717) is 12.3 Å². The van der Waals surface area contributed by atoms with E-state index in [2.05, 4.69) is 0 Å². The summed E-state index contributed by atoms with van der Waals surface area (Å²) in [6.07, 6.45) is 4.08. The van der Waals surface area contributed by atoms with Crippen molar-refractivity contribution in [3.63, 3.8) is 0 Å². The molecule has 0 aromatic carbocycles. The lowest BCUT2D eigenvalue weighted by atomic mass is 10.1. The largest absolute Gasteiger partial charge is 0.295 e. The second-order valence-corrected chi connectivity index (χ2v) is 2.56. The van der Waals surface area contributed by atoms with Gasteiger partial charge in [-0.05, 0) is 18.9 Å². The third-order valence-corrected chi connectivity index (χ3v) is 0.962. The van der Waals surface area contributed by atoms with Crippen LogP contribution in [0.25, 0.3) is 0 Å². The molecule has 0 fully saturated rings. The number of ketones is 1. The monoisotopic (exact) mass is 126 g/mol. The highest BCUT2D eigenvalue weighted by molar-refractivity contribution is 5.89. The quantitative estimate of drug-likeness (QED) is 0.530. The Morgan fingerprint density at radius 3 is 2.44 bits per heavy atom. The highest BCUT2D eigenvalue weighted by atomic mass is 16.1. The minimum Gasteiger partial charge on any atom is -0.295 e. The molecule has 0 N–H and O–H groups in total. The van der Waals surface area contributed by atoms with Crippen LogP contribution in [0.15, 0.2) is 12.2 Å². The van der Waals surface area contributed by atoms with Crippen molar-refractivity contribution in [3.05, 3.63) is 12.2 Å². The van der Waals surface area contributed by atoms with Gasteiger partial charge in [-0.3, -0.25) is 4.79 Å². The van der Waals surface area contributed by atoms with Gasteiger partial charge in [-0.2, -0.15) is 0 Å². The predicted molar refractivity (Wildman–Crippen MR) is 39.3 cm³/mol. The molecule has 0 saturated carbocycles. The maximum Gasteiger partial charge on any atom is 0.155 e. The molecule has 0 aromatic rings. The van der Waals surface area contributed by atoms with Gasteiger partial charge in [0.1, 0.15) is 0 Å². The summed E-state index contributed by atoms with van der Waals surface area (Å²) in [6, 6.07) is 0. The summed E-state index contributed by atoms with van der Waals surface area (Å²) in [5.41, 5.74) is 0. The summed E-state index contributed by atoms with van der Waals surface area (Å²) in [5, 5.41) is 0. The zero-order chi connectivity index (χ0) is 7.28. The average Bonchev–Trinajstić information content (AvgIpc) is 1.63. The van der Waals surface area contributed by atoms with Crippen molar-refractivity contribution in [1.29, 1.82) is 0 Å². The number of rotatable bonds is 3. The van der Waals surface area contributed by atoms with Crippen LogP contribution in [0.4, 0.5) is 0 Å². The number of carbonyl (C=O) groups is 1. The van der Waals surface area contributed by atoms with Gasteiger partial charge in [-0.1, -0.05) is 19.9 Å². The summed E-state index contributed by atoms with van der Waals surface area (Å²) in [5.74, 6) is 0.709. The fourth-order valence-electron chi connectivity index (χ4n) is 0.656. The van der Waals surface area contributed by atoms with Gasteiger partial charge in [0.2, 0.25) is 0 Å². The maximum atomic E-state index is 10.8. The molecule has 0 aliphatic carbocycles. The Morgan fingerprint density at radius 2 is 2.11 bits per heavy atom. The van der Waals surface area contributed by atoms with Gasteiger partial charge >= 0.3 is 0 Å². The lowest BCUT2D eigenvalue weighted by molar-refractivity contribution is -0.115. The molecule has 0 radical (unpaired) electrons. The minimum atomic E-state index is 0.229. The molecule has 0 aliphatic heterocycles. The lowest BCUT2D eigenvalue weighted by Crippen LogP contribution is -1.97. The Balaban J connectivity index is 3.51. The van der Waals surface area contributed by atoms with E-state index in [-0.39, 0.29) is 5.78 Å². The molecule has 0 aliphatic rings. The van der Waals surface area contributed by atoms with E-state index in [0.717, 1.165) is 0 Å². The van der Waals surface area contributed by atoms with E-state index in [4.69, 9.17) is 0 Å². The summed E-state index contributed by atoms with van der Waals surface area (Å²) in [7, 11) is 0. The molecule has 0 heterocycles. The first kappa shape index (κ1) is 8.41. The second kappa shape index (κ2) is 4.30. The third kappa shape index (κ3) is 5.28. The van der Waals surface area contributed by atoms with E-state index in [1.807, 2.05) is 20.8 Å². The molecule has 0 rings (SSSR count). The van der Waals surface area contributed by atoms with Crippen molar-refractivity contribution < 1.29 is 4.79 Å². The first-order valence-electron chi connectivity index (χ1n) is 3.32. The van der Waals surface area contributed by atoms with Gasteiger partial charge in [0.05, 0.1) is 0 Å². The lowest BCUT2D eigenvalue weighted by Gasteiger charge is -1.97. The van der Waals surface area contributed by atoms with Crippen LogP contribution in [0, 0.1) is 5.92 Å². The molecule has 1 nitrogen and oxygen atoms in total. The Kier molecular flexibility index (Phi) is 4.02. The molecule has 0 saturated heterocycles. The first-order valence-corrected chi connectivity index (χ1v) is 3.32. The zero-order valence-electron chi connectivity index (χ0n) is 6.35. The molecular weight excluding hydrogens is 112 g/mol. The molecular formula is C8H14O. The number of carbonyl (C=O) groups excluding carboxylic acids is 1. The summed E-state index contributed by atoms with van der Waals surface area (Å²) in [6.45, 7) is 5.95. The fourth-order valence-corrected chi connectivity index (χ4v) is 0.656. The summed E-state index contributed by atoms with van der Waals surface area (Å²) >= 11 is 0. The first-order chi connectivity index (χ1) is 4.16. The van der Waals surface area contributed by atoms with Gasteiger partial charge < -0.3 is 0 Å². The molecule has 9 heavy (non-hydrogen) atoms. The fraction of sp³-hybridized carbons (Fsp3) is 0.625. The van der Waals surface area contributed by atoms with Crippen LogP contribution < -0.4 is 0 Å². The molecule has 0 bridgehead atoms. The third-order valence-electron chi connectivity index (χ3n) is 0.962. The van der Waals surface area contributed by atoms with Crippen molar-refractivity contribution in [2.75, 3.05) is 0 Å². The zero-order valence-corrected chi connectivity index (χ0v) is 6.35. The van der Waals surface area contributed by atoms with Crippen LogP contribution in [-0.2, 0) is 4.79 Å². The minimum absolute atomic E-state index is 0.229. The smallest absolute Gasteiger partial charge is 0.155 e. The van der Waals surface area contributed by atoms with Crippen molar-refractivity contribution >= 4 is 5.78 Å². The highest BCUT2D eigenvalue weighted by Crippen LogP contribution is 1.99. The van der Waals surface area contributed by atoms with Crippen molar-refractivity contribution in [1.82, 2.24) is 0 Å². The van der Waals surface area contributed by atoms with Crippen molar-refractivity contribution in [2.45, 2.75) is 27.2 Å². The number of allylic oxidation sites excluding steroid dienone is 2. The van der Waals surface area contributed by atoms with Crippen LogP contribution in [0.2, 0.25) is 0 Å². The van der Waals surface area contributed by atoms with Crippen LogP contribution in [0.1, 0.15) is 27.2 Å². The normalized spacial score (nSPS) is 11.1. The average molecular weight is 126 g/mol. The molecule has 0 spiro atoms. The highest BCUT2D eigenvalue weighted by Gasteiger charge is 1.98. The van der Waals surface area contributed by atoms with Crippen molar-refractivity contribution in [3.8, 4) is 0 Å². The van der Waals surface area contributed by atoms with Gasteiger partial charge in [-0.15, -0.1) is 0 Å². The van der Waals surface area contributed by atoms with Gasteiger partial charge in [0.25, 0.3) is 0 Å². The van der Waals surface area contributed by atoms with E-state index < -0.39 is 0 Å². The second-order valence-electron chi connectivity index (χ2n) is 2.56. The number of hydrogen-bond donors (Lipinski definition) is 0. The summed E-state index contributed by atoms with van der Waals surface area (Å²) in [4.78, 5) is 10.8.